The van der Waals surface area contributed by atoms with E-state index in [0.717, 1.165) is 32.8 Å². The molecule has 0 fully saturated rings. The fraction of sp³-hybridized carbons (Fsp3) is 0.176. The van der Waals surface area contributed by atoms with Gasteiger partial charge in [0.05, 0.1) is 29.5 Å². The van der Waals surface area contributed by atoms with E-state index in [1.165, 1.54) is 0 Å². The third-order valence-corrected chi connectivity index (χ3v) is 4.21. The van der Waals surface area contributed by atoms with Crippen LogP contribution in [0.1, 0.15) is 18.2 Å². The summed E-state index contributed by atoms with van der Waals surface area (Å²) in [4.78, 5) is 13.8. The first-order valence-electron chi connectivity index (χ1n) is 7.36. The molecular formula is C17H15BrClN5. The van der Waals surface area contributed by atoms with Crippen LogP contribution < -0.4 is 5.43 Å². The minimum atomic E-state index is 0.367. The fourth-order valence-corrected chi connectivity index (χ4v) is 2.61. The molecule has 2 heterocycles. The molecule has 3 rings (SSSR count). The summed E-state index contributed by atoms with van der Waals surface area (Å²) in [7, 11) is 0. The van der Waals surface area contributed by atoms with E-state index in [-0.39, 0.29) is 0 Å². The highest BCUT2D eigenvalue weighted by molar-refractivity contribution is 9.10. The maximum absolute atomic E-state index is 5.75. The third kappa shape index (κ3) is 3.88. The van der Waals surface area contributed by atoms with Crippen molar-refractivity contribution in [2.45, 2.75) is 6.92 Å². The summed E-state index contributed by atoms with van der Waals surface area (Å²) in [5, 5.41) is 4.21. The molecule has 0 saturated carbocycles. The first kappa shape index (κ1) is 16.8. The molecular weight excluding hydrogens is 390 g/mol. The minimum Gasteiger partial charge on any atom is -0.274 e. The SMILES string of the molecule is C/C(CCl)=N\NC1=Nc2ccc(Br)cc2C(c2ccccn2)=NC1. The third-order valence-electron chi connectivity index (χ3n) is 3.33. The van der Waals surface area contributed by atoms with Gasteiger partial charge < -0.3 is 0 Å². The van der Waals surface area contributed by atoms with Crippen LogP contribution in [0.15, 0.2) is 62.2 Å². The molecule has 24 heavy (non-hydrogen) atoms. The summed E-state index contributed by atoms with van der Waals surface area (Å²) < 4.78 is 0.965. The predicted octanol–water partition coefficient (Wildman–Crippen LogP) is 3.93. The number of hydrazone groups is 1. The van der Waals surface area contributed by atoms with Gasteiger partial charge in [-0.05, 0) is 37.3 Å². The number of aromatic nitrogens is 1. The number of pyridine rings is 1. The summed E-state index contributed by atoms with van der Waals surface area (Å²) >= 11 is 9.27. The fourth-order valence-electron chi connectivity index (χ4n) is 2.19. The molecule has 0 atom stereocenters. The second-order valence-corrected chi connectivity index (χ2v) is 6.38. The summed E-state index contributed by atoms with van der Waals surface area (Å²) in [6.07, 6.45) is 1.76. The number of nitrogens with zero attached hydrogens (tertiary/aromatic N) is 4. The largest absolute Gasteiger partial charge is 0.274 e. The number of alkyl halides is 1. The van der Waals surface area contributed by atoms with Gasteiger partial charge in [-0.2, -0.15) is 5.10 Å². The molecule has 1 aromatic carbocycles. The lowest BCUT2D eigenvalue weighted by Crippen LogP contribution is -2.22. The van der Waals surface area contributed by atoms with Crippen molar-refractivity contribution in [1.29, 1.82) is 0 Å². The number of aliphatic imine (C=N–C) groups is 2. The monoisotopic (exact) mass is 403 g/mol. The standard InChI is InChI=1S/C17H15BrClN5/c1-11(9-19)23-24-16-10-21-17(15-4-2-3-7-20-15)13-8-12(18)5-6-14(13)22-16/h2-8H,9-10H2,1H3,(H,22,24)/b23-11+. The first-order chi connectivity index (χ1) is 11.7. The van der Waals surface area contributed by atoms with Crippen LogP contribution in [0.25, 0.3) is 0 Å². The van der Waals surface area contributed by atoms with E-state index < -0.39 is 0 Å². The van der Waals surface area contributed by atoms with Crippen LogP contribution in [0.5, 0.6) is 0 Å². The molecule has 1 aliphatic rings. The summed E-state index contributed by atoms with van der Waals surface area (Å²) in [5.41, 5.74) is 7.11. The lowest BCUT2D eigenvalue weighted by atomic mass is 10.0. The lowest BCUT2D eigenvalue weighted by Gasteiger charge is -2.07. The molecule has 2 aromatic rings. The molecule has 0 spiro atoms. The zero-order valence-electron chi connectivity index (χ0n) is 13.0. The molecule has 1 aromatic heterocycles. The van der Waals surface area contributed by atoms with Crippen LogP contribution in [0.2, 0.25) is 0 Å². The maximum Gasteiger partial charge on any atom is 0.144 e. The van der Waals surface area contributed by atoms with E-state index in [9.17, 15) is 0 Å². The number of nitrogens with one attached hydrogen (secondary N) is 1. The molecule has 0 radical (unpaired) electrons. The zero-order valence-corrected chi connectivity index (χ0v) is 15.3. The van der Waals surface area contributed by atoms with E-state index in [4.69, 9.17) is 16.6 Å². The predicted molar refractivity (Wildman–Crippen MR) is 103 cm³/mol. The normalized spacial score (nSPS) is 14.4. The molecule has 122 valence electrons. The Bertz CT molecular complexity index is 830. The number of hydrogen-bond donors (Lipinski definition) is 1. The zero-order chi connectivity index (χ0) is 16.9. The quantitative estimate of drug-likeness (QED) is 0.478. The van der Waals surface area contributed by atoms with E-state index in [1.807, 2.05) is 43.3 Å². The van der Waals surface area contributed by atoms with Crippen LogP contribution in [0.3, 0.4) is 0 Å². The minimum absolute atomic E-state index is 0.367. The maximum atomic E-state index is 5.75. The van der Waals surface area contributed by atoms with Crippen molar-refractivity contribution >= 4 is 50.5 Å². The number of halogens is 2. The van der Waals surface area contributed by atoms with Gasteiger partial charge in [0.2, 0.25) is 0 Å². The average Bonchev–Trinajstić information content (AvgIpc) is 2.79. The number of fused-ring (bicyclic) bond motifs is 1. The summed E-state index contributed by atoms with van der Waals surface area (Å²) in [5.74, 6) is 1.03. The Hall–Kier alpha value is -2.05. The Morgan fingerprint density at radius 1 is 1.33 bits per heavy atom. The van der Waals surface area contributed by atoms with Gasteiger partial charge in [-0.1, -0.05) is 22.0 Å². The highest BCUT2D eigenvalue weighted by Crippen LogP contribution is 2.27. The number of amidine groups is 1. The van der Waals surface area contributed by atoms with Crippen LogP contribution in [-0.2, 0) is 0 Å². The van der Waals surface area contributed by atoms with Gasteiger partial charge >= 0.3 is 0 Å². The van der Waals surface area contributed by atoms with Crippen molar-refractivity contribution in [2.75, 3.05) is 12.4 Å². The average molecular weight is 405 g/mol. The van der Waals surface area contributed by atoms with Gasteiger partial charge in [-0.15, -0.1) is 11.6 Å². The number of hydrogen-bond acceptors (Lipinski definition) is 5. The lowest BCUT2D eigenvalue weighted by molar-refractivity contribution is 0.987. The van der Waals surface area contributed by atoms with Crippen molar-refractivity contribution in [1.82, 2.24) is 10.4 Å². The molecule has 1 N–H and O–H groups in total. The van der Waals surface area contributed by atoms with Crippen LogP contribution in [0, 0.1) is 0 Å². The molecule has 0 aliphatic carbocycles. The Morgan fingerprint density at radius 2 is 2.21 bits per heavy atom. The molecule has 0 saturated heterocycles. The topological polar surface area (TPSA) is 62.0 Å². The van der Waals surface area contributed by atoms with Gasteiger partial charge in [-0.3, -0.25) is 15.4 Å². The molecule has 0 amide bonds. The Balaban J connectivity index is 2.04. The number of rotatable bonds is 3. The van der Waals surface area contributed by atoms with E-state index in [1.54, 1.807) is 6.20 Å². The second kappa shape index (κ2) is 7.68. The van der Waals surface area contributed by atoms with Crippen LogP contribution in [0.4, 0.5) is 5.69 Å². The van der Waals surface area contributed by atoms with Crippen molar-refractivity contribution < 1.29 is 0 Å². The van der Waals surface area contributed by atoms with Crippen LogP contribution >= 0.6 is 27.5 Å². The molecule has 0 bridgehead atoms. The molecule has 0 unspecified atom stereocenters. The highest BCUT2D eigenvalue weighted by Gasteiger charge is 2.17. The molecule has 1 aliphatic heterocycles. The smallest absolute Gasteiger partial charge is 0.144 e. The van der Waals surface area contributed by atoms with E-state index in [2.05, 4.69) is 36.4 Å². The van der Waals surface area contributed by atoms with Gasteiger partial charge in [0.1, 0.15) is 5.84 Å². The molecule has 7 heteroatoms. The van der Waals surface area contributed by atoms with Crippen molar-refractivity contribution in [2.24, 2.45) is 15.1 Å². The Kier molecular flexibility index (Phi) is 5.37. The van der Waals surface area contributed by atoms with Crippen molar-refractivity contribution in [3.05, 3.63) is 58.3 Å². The molecule has 5 nitrogen and oxygen atoms in total. The van der Waals surface area contributed by atoms with Gasteiger partial charge in [0, 0.05) is 21.9 Å². The van der Waals surface area contributed by atoms with Crippen molar-refractivity contribution in [3.8, 4) is 0 Å². The van der Waals surface area contributed by atoms with E-state index in [0.29, 0.717) is 18.3 Å². The van der Waals surface area contributed by atoms with Crippen LogP contribution in [-0.4, -0.2) is 34.7 Å². The van der Waals surface area contributed by atoms with Crippen molar-refractivity contribution in [3.63, 3.8) is 0 Å². The van der Waals surface area contributed by atoms with E-state index >= 15 is 0 Å². The Labute approximate surface area is 153 Å². The Morgan fingerprint density at radius 3 is 2.96 bits per heavy atom. The van der Waals surface area contributed by atoms with Gasteiger partial charge in [-0.25, -0.2) is 4.99 Å². The van der Waals surface area contributed by atoms with Gasteiger partial charge in [0.15, 0.2) is 0 Å². The highest BCUT2D eigenvalue weighted by atomic mass is 79.9. The second-order valence-electron chi connectivity index (χ2n) is 5.19. The first-order valence-corrected chi connectivity index (χ1v) is 8.68. The number of benzene rings is 1. The van der Waals surface area contributed by atoms with Gasteiger partial charge in [0.25, 0.3) is 0 Å². The summed E-state index contributed by atoms with van der Waals surface area (Å²) in [6.45, 7) is 2.24. The summed E-state index contributed by atoms with van der Waals surface area (Å²) in [6, 6.07) is 11.7.